The molecule has 0 radical (unpaired) electrons. The molecule has 6 nitrogen and oxygen atoms in total. The van der Waals surface area contributed by atoms with Crippen LogP contribution in [0.1, 0.15) is 35.1 Å². The molecule has 0 bridgehead atoms. The van der Waals surface area contributed by atoms with Crippen molar-refractivity contribution in [3.05, 3.63) is 40.9 Å². The number of nitrogens with two attached hydrogens (primary N) is 1. The number of carbonyl (C=O) groups excluding carboxylic acids is 1. The number of methoxy groups -OCH3 is 2. The topological polar surface area (TPSA) is 86.5 Å². The molecule has 26 heavy (non-hydrogen) atoms. The first-order valence-electron chi connectivity index (χ1n) is 8.17. The van der Waals surface area contributed by atoms with E-state index < -0.39 is 0 Å². The fourth-order valence-electron chi connectivity index (χ4n) is 2.58. The Morgan fingerprint density at radius 1 is 1.19 bits per heavy atom. The molecular formula is C19H21N3O3S. The van der Waals surface area contributed by atoms with Gasteiger partial charge in [-0.05, 0) is 30.2 Å². The predicted molar refractivity (Wildman–Crippen MR) is 106 cm³/mol. The van der Waals surface area contributed by atoms with Crippen LogP contribution in [0, 0.1) is 0 Å². The average Bonchev–Trinajstić information content (AvgIpc) is 2.98. The van der Waals surface area contributed by atoms with Crippen LogP contribution < -0.4 is 20.5 Å². The summed E-state index contributed by atoms with van der Waals surface area (Å²) in [5.74, 6) is 1.17. The standard InChI is InChI=1S/C19H21N3O3S/c1-10(2)13-8-6-12-16(20)17(26-19(12)22-13)18(23)21-14-7-5-11(24-3)9-15(14)25-4/h5-10H,20H2,1-4H3,(H,21,23). The molecule has 0 atom stereocenters. The molecule has 3 rings (SSSR count). The van der Waals surface area contributed by atoms with E-state index >= 15 is 0 Å². The first-order chi connectivity index (χ1) is 12.4. The molecule has 0 aliphatic rings. The minimum Gasteiger partial charge on any atom is -0.497 e. The molecule has 1 aromatic carbocycles. The van der Waals surface area contributed by atoms with Crippen LogP contribution in [0.5, 0.6) is 11.5 Å². The Bertz CT molecular complexity index is 966. The Morgan fingerprint density at radius 2 is 1.96 bits per heavy atom. The molecule has 1 amide bonds. The third-order valence-corrected chi connectivity index (χ3v) is 5.18. The van der Waals surface area contributed by atoms with E-state index in [2.05, 4.69) is 24.1 Å². The summed E-state index contributed by atoms with van der Waals surface area (Å²) in [6.07, 6.45) is 0. The van der Waals surface area contributed by atoms with Crippen LogP contribution in [0.15, 0.2) is 30.3 Å². The lowest BCUT2D eigenvalue weighted by atomic mass is 10.1. The number of nitrogens with zero attached hydrogens (tertiary/aromatic N) is 1. The van der Waals surface area contributed by atoms with E-state index in [1.165, 1.54) is 18.4 Å². The lowest BCUT2D eigenvalue weighted by Crippen LogP contribution is -2.12. The smallest absolute Gasteiger partial charge is 0.268 e. The average molecular weight is 371 g/mol. The van der Waals surface area contributed by atoms with Gasteiger partial charge < -0.3 is 20.5 Å². The molecule has 0 spiro atoms. The number of anilines is 2. The molecule has 3 N–H and O–H groups in total. The van der Waals surface area contributed by atoms with Gasteiger partial charge in [-0.3, -0.25) is 4.79 Å². The summed E-state index contributed by atoms with van der Waals surface area (Å²) in [7, 11) is 3.11. The van der Waals surface area contributed by atoms with Crippen molar-refractivity contribution in [2.75, 3.05) is 25.3 Å². The number of rotatable bonds is 5. The monoisotopic (exact) mass is 371 g/mol. The quantitative estimate of drug-likeness (QED) is 0.699. The Hall–Kier alpha value is -2.80. The van der Waals surface area contributed by atoms with Gasteiger partial charge in [0.1, 0.15) is 21.2 Å². The Balaban J connectivity index is 1.94. The largest absolute Gasteiger partial charge is 0.497 e. The second-order valence-electron chi connectivity index (χ2n) is 6.11. The van der Waals surface area contributed by atoms with E-state index in [1.54, 1.807) is 25.3 Å². The van der Waals surface area contributed by atoms with E-state index in [1.807, 2.05) is 12.1 Å². The summed E-state index contributed by atoms with van der Waals surface area (Å²) < 4.78 is 10.5. The number of benzene rings is 1. The molecule has 7 heteroatoms. The highest BCUT2D eigenvalue weighted by Crippen LogP contribution is 2.35. The number of hydrogen-bond donors (Lipinski definition) is 2. The number of ether oxygens (including phenoxy) is 2. The van der Waals surface area contributed by atoms with Gasteiger partial charge in [-0.15, -0.1) is 11.3 Å². The van der Waals surface area contributed by atoms with Crippen LogP contribution in [-0.2, 0) is 0 Å². The number of nitrogens with one attached hydrogen (secondary N) is 1. The van der Waals surface area contributed by atoms with Crippen LogP contribution in [0.25, 0.3) is 10.2 Å². The van der Waals surface area contributed by atoms with Gasteiger partial charge in [0, 0.05) is 17.1 Å². The summed E-state index contributed by atoms with van der Waals surface area (Å²) in [5.41, 5.74) is 8.16. The zero-order valence-electron chi connectivity index (χ0n) is 15.1. The number of thiophene rings is 1. The molecule has 3 aromatic rings. The fraction of sp³-hybridized carbons (Fsp3) is 0.263. The van der Waals surface area contributed by atoms with E-state index in [4.69, 9.17) is 15.2 Å². The summed E-state index contributed by atoms with van der Waals surface area (Å²) in [5, 5.41) is 3.65. The highest BCUT2D eigenvalue weighted by Gasteiger charge is 2.19. The van der Waals surface area contributed by atoms with Crippen LogP contribution in [0.3, 0.4) is 0 Å². The van der Waals surface area contributed by atoms with E-state index in [0.717, 1.165) is 15.9 Å². The minimum atomic E-state index is -0.292. The molecule has 2 heterocycles. The second-order valence-corrected chi connectivity index (χ2v) is 7.11. The molecule has 136 valence electrons. The van der Waals surface area contributed by atoms with Crippen molar-refractivity contribution in [1.82, 2.24) is 4.98 Å². The normalized spacial score (nSPS) is 11.0. The van der Waals surface area contributed by atoms with E-state index in [-0.39, 0.29) is 5.91 Å². The number of pyridine rings is 1. The molecule has 0 aliphatic heterocycles. The lowest BCUT2D eigenvalue weighted by molar-refractivity contribution is 0.103. The van der Waals surface area contributed by atoms with Gasteiger partial charge in [-0.25, -0.2) is 4.98 Å². The zero-order chi connectivity index (χ0) is 18.8. The van der Waals surface area contributed by atoms with Gasteiger partial charge in [0.25, 0.3) is 5.91 Å². The summed E-state index contributed by atoms with van der Waals surface area (Å²) in [6.45, 7) is 4.16. The van der Waals surface area contributed by atoms with Crippen LogP contribution in [-0.4, -0.2) is 25.1 Å². The number of fused-ring (bicyclic) bond motifs is 1. The Kier molecular flexibility index (Phi) is 4.99. The maximum atomic E-state index is 12.8. The van der Waals surface area contributed by atoms with Crippen molar-refractivity contribution in [3.8, 4) is 11.5 Å². The lowest BCUT2D eigenvalue weighted by Gasteiger charge is -2.11. The van der Waals surface area contributed by atoms with Crippen molar-refractivity contribution < 1.29 is 14.3 Å². The van der Waals surface area contributed by atoms with Crippen LogP contribution in [0.4, 0.5) is 11.4 Å². The fourth-order valence-corrected chi connectivity index (χ4v) is 3.58. The summed E-state index contributed by atoms with van der Waals surface area (Å²) >= 11 is 1.29. The number of aromatic nitrogens is 1. The number of nitrogen functional groups attached to an aromatic ring is 1. The number of hydrogen-bond acceptors (Lipinski definition) is 6. The first kappa shape index (κ1) is 18.0. The highest BCUT2D eigenvalue weighted by molar-refractivity contribution is 7.21. The summed E-state index contributed by atoms with van der Waals surface area (Å²) in [6, 6.07) is 9.07. The zero-order valence-corrected chi connectivity index (χ0v) is 15.9. The highest BCUT2D eigenvalue weighted by atomic mass is 32.1. The number of amides is 1. The third-order valence-electron chi connectivity index (χ3n) is 4.07. The molecule has 0 aliphatic carbocycles. The molecule has 0 saturated heterocycles. The molecule has 0 fully saturated rings. The van der Waals surface area contributed by atoms with Gasteiger partial charge in [-0.1, -0.05) is 13.8 Å². The molecule has 2 aromatic heterocycles. The van der Waals surface area contributed by atoms with Crippen LogP contribution >= 0.6 is 11.3 Å². The maximum Gasteiger partial charge on any atom is 0.268 e. The summed E-state index contributed by atoms with van der Waals surface area (Å²) in [4.78, 5) is 18.6. The third kappa shape index (κ3) is 3.30. The van der Waals surface area contributed by atoms with Gasteiger partial charge in [-0.2, -0.15) is 0 Å². The molecular weight excluding hydrogens is 350 g/mol. The van der Waals surface area contributed by atoms with E-state index in [9.17, 15) is 4.79 Å². The van der Waals surface area contributed by atoms with Crippen molar-refractivity contribution in [1.29, 1.82) is 0 Å². The molecule has 0 unspecified atom stereocenters. The Morgan fingerprint density at radius 3 is 2.62 bits per heavy atom. The van der Waals surface area contributed by atoms with Gasteiger partial charge >= 0.3 is 0 Å². The van der Waals surface area contributed by atoms with Crippen molar-refractivity contribution in [3.63, 3.8) is 0 Å². The first-order valence-corrected chi connectivity index (χ1v) is 8.98. The van der Waals surface area contributed by atoms with Crippen molar-refractivity contribution in [2.24, 2.45) is 0 Å². The van der Waals surface area contributed by atoms with Gasteiger partial charge in [0.15, 0.2) is 0 Å². The molecule has 0 saturated carbocycles. The number of carbonyl (C=O) groups is 1. The van der Waals surface area contributed by atoms with Crippen molar-refractivity contribution >= 4 is 38.8 Å². The van der Waals surface area contributed by atoms with Crippen molar-refractivity contribution in [2.45, 2.75) is 19.8 Å². The van der Waals surface area contributed by atoms with Gasteiger partial charge in [0.05, 0.1) is 25.6 Å². The van der Waals surface area contributed by atoms with E-state index in [0.29, 0.717) is 33.7 Å². The minimum absolute atomic E-state index is 0.292. The SMILES string of the molecule is COc1ccc(NC(=O)c2sc3nc(C(C)C)ccc3c2N)c(OC)c1. The Labute approximate surface area is 155 Å². The second kappa shape index (κ2) is 7.21. The maximum absolute atomic E-state index is 12.8. The predicted octanol–water partition coefficient (Wildman–Crippen LogP) is 4.27. The van der Waals surface area contributed by atoms with Crippen LogP contribution in [0.2, 0.25) is 0 Å². The van der Waals surface area contributed by atoms with Gasteiger partial charge in [0.2, 0.25) is 0 Å².